The highest BCUT2D eigenvalue weighted by Gasteiger charge is 2.13. The SMILES string of the molecule is COc1cc(-c2cc(Cl)ccc2C(=O)O)ccc1Cl. The lowest BCUT2D eigenvalue weighted by atomic mass is 9.99. The van der Waals surface area contributed by atoms with Crippen molar-refractivity contribution in [3.8, 4) is 16.9 Å². The van der Waals surface area contributed by atoms with Crippen molar-refractivity contribution in [2.24, 2.45) is 0 Å². The van der Waals surface area contributed by atoms with E-state index in [0.717, 1.165) is 0 Å². The van der Waals surface area contributed by atoms with Gasteiger partial charge in [0.25, 0.3) is 0 Å². The quantitative estimate of drug-likeness (QED) is 0.915. The smallest absolute Gasteiger partial charge is 0.336 e. The van der Waals surface area contributed by atoms with Crippen LogP contribution in [0, 0.1) is 0 Å². The molecule has 5 heteroatoms. The van der Waals surface area contributed by atoms with Crippen LogP contribution in [0.15, 0.2) is 36.4 Å². The first-order chi connectivity index (χ1) is 9.02. The van der Waals surface area contributed by atoms with Crippen molar-refractivity contribution in [2.45, 2.75) is 0 Å². The van der Waals surface area contributed by atoms with Gasteiger partial charge in [-0.3, -0.25) is 0 Å². The summed E-state index contributed by atoms with van der Waals surface area (Å²) in [5, 5.41) is 10.1. The van der Waals surface area contributed by atoms with E-state index in [0.29, 0.717) is 26.9 Å². The zero-order valence-electron chi connectivity index (χ0n) is 9.98. The fraction of sp³-hybridized carbons (Fsp3) is 0.0714. The van der Waals surface area contributed by atoms with Crippen LogP contribution in [0.25, 0.3) is 11.1 Å². The molecule has 0 aliphatic carbocycles. The molecule has 0 heterocycles. The van der Waals surface area contributed by atoms with Crippen molar-refractivity contribution in [3.63, 3.8) is 0 Å². The lowest BCUT2D eigenvalue weighted by Gasteiger charge is -2.10. The van der Waals surface area contributed by atoms with E-state index in [1.807, 2.05) is 0 Å². The maximum absolute atomic E-state index is 11.2. The average molecular weight is 297 g/mol. The lowest BCUT2D eigenvalue weighted by Crippen LogP contribution is -1.99. The summed E-state index contributed by atoms with van der Waals surface area (Å²) >= 11 is 11.9. The minimum atomic E-state index is -1.01. The molecule has 0 saturated heterocycles. The first-order valence-electron chi connectivity index (χ1n) is 5.39. The molecule has 0 amide bonds. The molecule has 0 aromatic heterocycles. The Hall–Kier alpha value is -1.71. The number of rotatable bonds is 3. The third-order valence-corrected chi connectivity index (χ3v) is 3.22. The summed E-state index contributed by atoms with van der Waals surface area (Å²) in [5.41, 5.74) is 1.38. The van der Waals surface area contributed by atoms with E-state index in [1.165, 1.54) is 13.2 Å². The van der Waals surface area contributed by atoms with Gasteiger partial charge in [0.1, 0.15) is 5.75 Å². The minimum absolute atomic E-state index is 0.175. The maximum Gasteiger partial charge on any atom is 0.336 e. The molecule has 2 aromatic rings. The van der Waals surface area contributed by atoms with Crippen molar-refractivity contribution in [2.75, 3.05) is 7.11 Å². The van der Waals surface area contributed by atoms with E-state index >= 15 is 0 Å². The standard InChI is InChI=1S/C14H10Cl2O3/c1-19-13-6-8(2-5-12(13)16)11-7-9(15)3-4-10(11)14(17)18/h2-7H,1H3,(H,17,18). The average Bonchev–Trinajstić information content (AvgIpc) is 2.38. The Labute approximate surface area is 120 Å². The van der Waals surface area contributed by atoms with Crippen LogP contribution in [0.5, 0.6) is 5.75 Å². The Balaban J connectivity index is 2.64. The monoisotopic (exact) mass is 296 g/mol. The van der Waals surface area contributed by atoms with E-state index in [-0.39, 0.29) is 5.56 Å². The van der Waals surface area contributed by atoms with Crippen LogP contribution < -0.4 is 4.74 Å². The van der Waals surface area contributed by atoms with Crippen LogP contribution in [0.4, 0.5) is 0 Å². The number of hydrogen-bond acceptors (Lipinski definition) is 2. The number of hydrogen-bond donors (Lipinski definition) is 1. The van der Waals surface area contributed by atoms with Crippen molar-refractivity contribution in [3.05, 3.63) is 52.0 Å². The molecule has 19 heavy (non-hydrogen) atoms. The molecule has 3 nitrogen and oxygen atoms in total. The maximum atomic E-state index is 11.2. The summed E-state index contributed by atoms with van der Waals surface area (Å²) in [7, 11) is 1.50. The third kappa shape index (κ3) is 2.83. The predicted octanol–water partition coefficient (Wildman–Crippen LogP) is 4.37. The van der Waals surface area contributed by atoms with Crippen LogP contribution in [0.1, 0.15) is 10.4 Å². The number of ether oxygens (including phenoxy) is 1. The Bertz CT molecular complexity index is 639. The van der Waals surface area contributed by atoms with Gasteiger partial charge in [-0.25, -0.2) is 4.79 Å². The molecular weight excluding hydrogens is 287 g/mol. The van der Waals surface area contributed by atoms with Gasteiger partial charge in [-0.1, -0.05) is 29.3 Å². The largest absolute Gasteiger partial charge is 0.495 e. The van der Waals surface area contributed by atoms with E-state index in [2.05, 4.69) is 0 Å². The summed E-state index contributed by atoms with van der Waals surface area (Å²) < 4.78 is 5.13. The zero-order chi connectivity index (χ0) is 14.0. The first kappa shape index (κ1) is 13.7. The second kappa shape index (κ2) is 5.51. The summed E-state index contributed by atoms with van der Waals surface area (Å²) in [6.45, 7) is 0. The van der Waals surface area contributed by atoms with Gasteiger partial charge < -0.3 is 9.84 Å². The third-order valence-electron chi connectivity index (χ3n) is 2.67. The summed E-state index contributed by atoms with van der Waals surface area (Å²) in [6, 6.07) is 9.68. The lowest BCUT2D eigenvalue weighted by molar-refractivity contribution is 0.0697. The number of halogens is 2. The van der Waals surface area contributed by atoms with Gasteiger partial charge in [0.15, 0.2) is 0 Å². The molecule has 0 aliphatic rings. The van der Waals surface area contributed by atoms with Gasteiger partial charge in [0.2, 0.25) is 0 Å². The van der Waals surface area contributed by atoms with Crippen LogP contribution in [-0.2, 0) is 0 Å². The van der Waals surface area contributed by atoms with Crippen LogP contribution in [0.2, 0.25) is 10.0 Å². The normalized spacial score (nSPS) is 10.3. The first-order valence-corrected chi connectivity index (χ1v) is 6.15. The molecular formula is C14H10Cl2O3. The summed E-state index contributed by atoms with van der Waals surface area (Å²) in [5.74, 6) is -0.531. The minimum Gasteiger partial charge on any atom is -0.495 e. The molecule has 0 spiro atoms. The molecule has 0 unspecified atom stereocenters. The second-order valence-electron chi connectivity index (χ2n) is 3.84. The van der Waals surface area contributed by atoms with E-state index in [4.69, 9.17) is 27.9 Å². The molecule has 98 valence electrons. The van der Waals surface area contributed by atoms with Gasteiger partial charge in [-0.05, 0) is 41.5 Å². The Morgan fingerprint density at radius 1 is 1.16 bits per heavy atom. The van der Waals surface area contributed by atoms with Gasteiger partial charge >= 0.3 is 5.97 Å². The van der Waals surface area contributed by atoms with E-state index in [1.54, 1.807) is 30.3 Å². The highest BCUT2D eigenvalue weighted by Crippen LogP contribution is 2.33. The molecule has 0 saturated carbocycles. The number of carboxylic acid groups (broad SMARTS) is 1. The number of methoxy groups -OCH3 is 1. The van der Waals surface area contributed by atoms with E-state index in [9.17, 15) is 9.90 Å². The number of aromatic carboxylic acids is 1. The van der Waals surface area contributed by atoms with Crippen molar-refractivity contribution < 1.29 is 14.6 Å². The number of benzene rings is 2. The number of carbonyl (C=O) groups is 1. The van der Waals surface area contributed by atoms with Gasteiger partial charge in [0.05, 0.1) is 17.7 Å². The Morgan fingerprint density at radius 3 is 2.53 bits per heavy atom. The molecule has 0 fully saturated rings. The Morgan fingerprint density at radius 2 is 1.89 bits per heavy atom. The van der Waals surface area contributed by atoms with Gasteiger partial charge in [-0.2, -0.15) is 0 Å². The molecule has 0 radical (unpaired) electrons. The van der Waals surface area contributed by atoms with Crippen molar-refractivity contribution in [1.29, 1.82) is 0 Å². The molecule has 0 atom stereocenters. The molecule has 0 bridgehead atoms. The van der Waals surface area contributed by atoms with Crippen molar-refractivity contribution >= 4 is 29.2 Å². The highest BCUT2D eigenvalue weighted by molar-refractivity contribution is 6.32. The topological polar surface area (TPSA) is 46.5 Å². The van der Waals surface area contributed by atoms with Gasteiger partial charge in [0, 0.05) is 5.02 Å². The number of carboxylic acids is 1. The molecule has 2 aromatic carbocycles. The van der Waals surface area contributed by atoms with Crippen LogP contribution in [0.3, 0.4) is 0 Å². The summed E-state index contributed by atoms with van der Waals surface area (Å²) in [6.07, 6.45) is 0. The molecule has 0 aliphatic heterocycles. The summed E-state index contributed by atoms with van der Waals surface area (Å²) in [4.78, 5) is 11.2. The van der Waals surface area contributed by atoms with Crippen LogP contribution in [-0.4, -0.2) is 18.2 Å². The fourth-order valence-corrected chi connectivity index (χ4v) is 2.14. The molecule has 1 N–H and O–H groups in total. The molecule has 2 rings (SSSR count). The van der Waals surface area contributed by atoms with E-state index < -0.39 is 5.97 Å². The Kier molecular flexibility index (Phi) is 3.98. The predicted molar refractivity (Wildman–Crippen MR) is 75.4 cm³/mol. The van der Waals surface area contributed by atoms with Gasteiger partial charge in [-0.15, -0.1) is 0 Å². The van der Waals surface area contributed by atoms with Crippen LogP contribution >= 0.6 is 23.2 Å². The zero-order valence-corrected chi connectivity index (χ0v) is 11.5. The fourth-order valence-electron chi connectivity index (χ4n) is 1.77. The van der Waals surface area contributed by atoms with Crippen molar-refractivity contribution in [1.82, 2.24) is 0 Å². The highest BCUT2D eigenvalue weighted by atomic mass is 35.5. The second-order valence-corrected chi connectivity index (χ2v) is 4.69.